The molecule has 9 heteroatoms. The monoisotopic (exact) mass is 546 g/mol. The molecule has 7 nitrogen and oxygen atoms in total. The van der Waals surface area contributed by atoms with Gasteiger partial charge in [0.25, 0.3) is 0 Å². The first-order valence-electron chi connectivity index (χ1n) is 13.7. The summed E-state index contributed by atoms with van der Waals surface area (Å²) in [7, 11) is 4.18. The Morgan fingerprint density at radius 1 is 0.974 bits per heavy atom. The predicted octanol–water partition coefficient (Wildman–Crippen LogP) is 5.03. The summed E-state index contributed by atoms with van der Waals surface area (Å²) in [6.45, 7) is 3.25. The van der Waals surface area contributed by atoms with Crippen LogP contribution < -0.4 is 15.1 Å². The molecule has 3 aromatic carbocycles. The third-order valence-electron chi connectivity index (χ3n) is 8.66. The number of nitrogens with zero attached hydrogens (tertiary/aromatic N) is 5. The summed E-state index contributed by atoms with van der Waals surface area (Å²) in [6.07, 6.45) is 3.28. The number of fused-ring (bicyclic) bond motifs is 4. The number of hydrogen-bond acceptors (Lipinski definition) is 7. The lowest BCUT2D eigenvalue weighted by atomic mass is 9.96. The topological polar surface area (TPSA) is 67.8 Å². The molecule has 4 heterocycles. The van der Waals surface area contributed by atoms with E-state index in [1.54, 1.807) is 12.1 Å². The number of hydrogen-bond donors (Lipinski definition) is 2. The number of anilines is 2. The summed E-state index contributed by atoms with van der Waals surface area (Å²) in [5, 5.41) is 16.7. The van der Waals surface area contributed by atoms with Crippen molar-refractivity contribution < 1.29 is 9.50 Å². The second kappa shape index (κ2) is 9.47. The molecular formula is C30H32ClFN6O. The van der Waals surface area contributed by atoms with Crippen LogP contribution in [-0.2, 0) is 0 Å². The minimum atomic E-state index is -0.486. The molecule has 0 aliphatic carbocycles. The minimum absolute atomic E-state index is 0.0615. The van der Waals surface area contributed by atoms with E-state index in [1.807, 2.05) is 30.3 Å². The van der Waals surface area contributed by atoms with Crippen LogP contribution in [-0.4, -0.2) is 78.4 Å². The number of likely N-dealkylation sites (N-methyl/N-ethyl adjacent to an activating group) is 1. The number of phenols is 1. The number of phenolic OH excluding ortho intramolecular Hbond substituents is 1. The van der Waals surface area contributed by atoms with Gasteiger partial charge < -0.3 is 25.1 Å². The van der Waals surface area contributed by atoms with Crippen molar-refractivity contribution in [3.63, 3.8) is 0 Å². The summed E-state index contributed by atoms with van der Waals surface area (Å²) in [4.78, 5) is 16.6. The Bertz CT molecular complexity index is 1580. The number of benzene rings is 3. The van der Waals surface area contributed by atoms with Crippen molar-refractivity contribution in [2.45, 2.75) is 37.4 Å². The van der Waals surface area contributed by atoms with Gasteiger partial charge in [-0.3, -0.25) is 0 Å². The van der Waals surface area contributed by atoms with Crippen LogP contribution in [0.25, 0.3) is 32.8 Å². The van der Waals surface area contributed by atoms with E-state index in [0.29, 0.717) is 35.0 Å². The molecule has 3 aliphatic heterocycles. The summed E-state index contributed by atoms with van der Waals surface area (Å²) >= 11 is 6.87. The van der Waals surface area contributed by atoms with Crippen LogP contribution in [0.5, 0.6) is 5.75 Å². The van der Waals surface area contributed by atoms with Crippen molar-refractivity contribution >= 4 is 45.0 Å². The SMILES string of the molecule is CN(C)C1CCN(c2nc(N3CC4CCC(C3)N4)c3cc(Cl)c(-c4cc(O)cc5ccccc45)c(F)c3n2)C1. The zero-order chi connectivity index (χ0) is 26.8. The van der Waals surface area contributed by atoms with Gasteiger partial charge in [-0.15, -0.1) is 0 Å². The van der Waals surface area contributed by atoms with Crippen molar-refractivity contribution in [1.29, 1.82) is 0 Å². The van der Waals surface area contributed by atoms with E-state index >= 15 is 4.39 Å². The molecule has 4 aromatic rings. The molecule has 0 radical (unpaired) electrons. The van der Waals surface area contributed by atoms with Crippen LogP contribution in [0.4, 0.5) is 16.2 Å². The Kier molecular flexibility index (Phi) is 6.02. The molecule has 0 amide bonds. The van der Waals surface area contributed by atoms with Crippen LogP contribution in [0.2, 0.25) is 5.02 Å². The first-order valence-corrected chi connectivity index (χ1v) is 14.1. The molecule has 2 bridgehead atoms. The summed E-state index contributed by atoms with van der Waals surface area (Å²) in [6, 6.07) is 13.9. The average Bonchev–Trinajstić information content (AvgIpc) is 3.55. The van der Waals surface area contributed by atoms with Gasteiger partial charge in [0.15, 0.2) is 5.82 Å². The van der Waals surface area contributed by atoms with Crippen molar-refractivity contribution in [1.82, 2.24) is 20.2 Å². The van der Waals surface area contributed by atoms with Gasteiger partial charge in [-0.2, -0.15) is 4.98 Å². The Labute approximate surface area is 232 Å². The first-order chi connectivity index (χ1) is 18.9. The Morgan fingerprint density at radius 3 is 2.49 bits per heavy atom. The van der Waals surface area contributed by atoms with E-state index in [-0.39, 0.29) is 21.9 Å². The Balaban J connectivity index is 1.44. The Morgan fingerprint density at radius 2 is 1.74 bits per heavy atom. The number of nitrogens with one attached hydrogen (secondary N) is 1. The van der Waals surface area contributed by atoms with E-state index in [0.717, 1.165) is 62.0 Å². The third kappa shape index (κ3) is 4.26. The summed E-state index contributed by atoms with van der Waals surface area (Å²) < 4.78 is 16.7. The van der Waals surface area contributed by atoms with E-state index in [1.165, 1.54) is 0 Å². The molecule has 3 atom stereocenters. The van der Waals surface area contributed by atoms with Crippen molar-refractivity contribution in [3.05, 3.63) is 53.3 Å². The highest BCUT2D eigenvalue weighted by molar-refractivity contribution is 6.35. The number of aromatic nitrogens is 2. The first kappa shape index (κ1) is 24.8. The van der Waals surface area contributed by atoms with Crippen molar-refractivity contribution in [2.75, 3.05) is 50.1 Å². The van der Waals surface area contributed by atoms with Gasteiger partial charge in [-0.25, -0.2) is 9.37 Å². The molecule has 0 saturated carbocycles. The molecule has 0 spiro atoms. The second-order valence-electron chi connectivity index (χ2n) is 11.4. The van der Waals surface area contributed by atoms with E-state index in [9.17, 15) is 5.11 Å². The minimum Gasteiger partial charge on any atom is -0.508 e. The van der Waals surface area contributed by atoms with Gasteiger partial charge in [-0.1, -0.05) is 35.9 Å². The maximum Gasteiger partial charge on any atom is 0.228 e. The third-order valence-corrected chi connectivity index (χ3v) is 8.96. The van der Waals surface area contributed by atoms with Crippen LogP contribution in [0.15, 0.2) is 42.5 Å². The molecule has 7 rings (SSSR count). The maximum absolute atomic E-state index is 16.7. The number of halogens is 2. The highest BCUT2D eigenvalue weighted by atomic mass is 35.5. The molecule has 3 aliphatic rings. The lowest BCUT2D eigenvalue weighted by molar-refractivity contribution is 0.315. The molecule has 2 N–H and O–H groups in total. The van der Waals surface area contributed by atoms with Crippen molar-refractivity contribution in [2.24, 2.45) is 0 Å². The standard InChI is InChI=1S/C30H32ClFN6O/c1-36(2)20-9-10-37(16-20)30-34-28-24(29(35-30)38-14-18-7-8-19(15-38)33-18)13-25(31)26(27(28)32)23-12-21(39)11-17-5-3-4-6-22(17)23/h3-6,11-13,18-20,33,39H,7-10,14-16H2,1-2H3. The Hall–Kier alpha value is -3.20. The zero-order valence-corrected chi connectivity index (χ0v) is 22.9. The lowest BCUT2D eigenvalue weighted by Crippen LogP contribution is -2.51. The smallest absolute Gasteiger partial charge is 0.228 e. The van der Waals surface area contributed by atoms with Gasteiger partial charge in [0.2, 0.25) is 5.95 Å². The van der Waals surface area contributed by atoms with Gasteiger partial charge in [0.1, 0.15) is 17.1 Å². The molecule has 3 fully saturated rings. The zero-order valence-electron chi connectivity index (χ0n) is 22.2. The molecule has 3 saturated heterocycles. The number of rotatable bonds is 4. The second-order valence-corrected chi connectivity index (χ2v) is 11.8. The van der Waals surface area contributed by atoms with E-state index < -0.39 is 5.82 Å². The quantitative estimate of drug-likeness (QED) is 0.372. The van der Waals surface area contributed by atoms with Gasteiger partial charge in [0, 0.05) is 55.3 Å². The van der Waals surface area contributed by atoms with Crippen LogP contribution in [0.3, 0.4) is 0 Å². The van der Waals surface area contributed by atoms with Crippen molar-refractivity contribution in [3.8, 4) is 16.9 Å². The fourth-order valence-electron chi connectivity index (χ4n) is 6.61. The van der Waals surface area contributed by atoms with E-state index in [2.05, 4.69) is 34.1 Å². The maximum atomic E-state index is 16.7. The fourth-order valence-corrected chi connectivity index (χ4v) is 6.91. The molecular weight excluding hydrogens is 515 g/mol. The van der Waals surface area contributed by atoms with Crippen LogP contribution >= 0.6 is 11.6 Å². The van der Waals surface area contributed by atoms with Gasteiger partial charge in [0.05, 0.1) is 5.02 Å². The normalized spacial score (nSPS) is 23.1. The number of aromatic hydroxyl groups is 1. The lowest BCUT2D eigenvalue weighted by Gasteiger charge is -2.35. The predicted molar refractivity (Wildman–Crippen MR) is 156 cm³/mol. The molecule has 39 heavy (non-hydrogen) atoms. The van der Waals surface area contributed by atoms with Gasteiger partial charge >= 0.3 is 0 Å². The highest BCUT2D eigenvalue weighted by Crippen LogP contribution is 2.43. The van der Waals surface area contributed by atoms with Gasteiger partial charge in [-0.05, 0) is 67.9 Å². The molecule has 3 unspecified atom stereocenters. The summed E-state index contributed by atoms with van der Waals surface area (Å²) in [5.74, 6) is 0.876. The average molecular weight is 547 g/mol. The number of piperazine rings is 1. The fraction of sp³-hybridized carbons (Fsp3) is 0.400. The summed E-state index contributed by atoms with van der Waals surface area (Å²) in [5.41, 5.74) is 1.06. The largest absolute Gasteiger partial charge is 0.508 e. The molecule has 1 aromatic heterocycles. The van der Waals surface area contributed by atoms with E-state index in [4.69, 9.17) is 21.6 Å². The van der Waals surface area contributed by atoms with Crippen LogP contribution in [0.1, 0.15) is 19.3 Å². The molecule has 202 valence electrons. The highest BCUT2D eigenvalue weighted by Gasteiger charge is 2.35. The van der Waals surface area contributed by atoms with Crippen LogP contribution in [0, 0.1) is 5.82 Å².